The zero-order chi connectivity index (χ0) is 13.1. The number of amides is 1. The van der Waals surface area contributed by atoms with Gasteiger partial charge in [0.1, 0.15) is 5.56 Å². The van der Waals surface area contributed by atoms with Gasteiger partial charge in [0, 0.05) is 23.5 Å². The molecule has 92 valence electrons. The molecule has 0 fully saturated rings. The number of nitrogens with one attached hydrogen (secondary N) is 2. The SMILES string of the molecule is O=C(Nc1cc(Cl)ccc1Cl)c1c[nH]ccc1=O. The Labute approximate surface area is 113 Å². The van der Waals surface area contributed by atoms with Gasteiger partial charge in [-0.05, 0) is 18.2 Å². The molecule has 2 N–H and O–H groups in total. The maximum absolute atomic E-state index is 11.9. The molecule has 0 aliphatic heterocycles. The fourth-order valence-electron chi connectivity index (χ4n) is 1.38. The number of hydrogen-bond donors (Lipinski definition) is 2. The van der Waals surface area contributed by atoms with Gasteiger partial charge in [-0.2, -0.15) is 0 Å². The van der Waals surface area contributed by atoms with Crippen LogP contribution in [0.5, 0.6) is 0 Å². The maximum atomic E-state index is 11.9. The van der Waals surface area contributed by atoms with Crippen LogP contribution in [0.25, 0.3) is 0 Å². The number of aromatic amines is 1. The van der Waals surface area contributed by atoms with Crippen molar-refractivity contribution in [3.05, 3.63) is 62.5 Å². The third-order valence-electron chi connectivity index (χ3n) is 2.25. The van der Waals surface area contributed by atoms with Crippen LogP contribution in [0.1, 0.15) is 10.4 Å². The van der Waals surface area contributed by atoms with E-state index in [4.69, 9.17) is 23.2 Å². The van der Waals surface area contributed by atoms with Crippen LogP contribution >= 0.6 is 23.2 Å². The van der Waals surface area contributed by atoms with E-state index in [9.17, 15) is 9.59 Å². The Morgan fingerprint density at radius 2 is 2.00 bits per heavy atom. The van der Waals surface area contributed by atoms with E-state index in [0.29, 0.717) is 15.7 Å². The monoisotopic (exact) mass is 282 g/mol. The molecule has 0 saturated carbocycles. The molecule has 6 heteroatoms. The number of carbonyl (C=O) groups is 1. The van der Waals surface area contributed by atoms with E-state index in [1.54, 1.807) is 12.1 Å². The summed E-state index contributed by atoms with van der Waals surface area (Å²) in [7, 11) is 0. The predicted octanol–water partition coefficient (Wildman–Crippen LogP) is 2.93. The molecule has 0 aliphatic carbocycles. The fourth-order valence-corrected chi connectivity index (χ4v) is 1.71. The number of aromatic nitrogens is 1. The van der Waals surface area contributed by atoms with E-state index in [1.165, 1.54) is 24.5 Å². The zero-order valence-electron chi connectivity index (χ0n) is 9.04. The molecule has 18 heavy (non-hydrogen) atoms. The molecule has 0 saturated heterocycles. The van der Waals surface area contributed by atoms with Crippen LogP contribution in [0.2, 0.25) is 10.0 Å². The van der Waals surface area contributed by atoms with Crippen molar-refractivity contribution in [2.75, 3.05) is 5.32 Å². The summed E-state index contributed by atoms with van der Waals surface area (Å²) in [5, 5.41) is 3.32. The Balaban J connectivity index is 2.30. The van der Waals surface area contributed by atoms with Gasteiger partial charge in [-0.25, -0.2) is 0 Å². The van der Waals surface area contributed by atoms with E-state index in [2.05, 4.69) is 10.3 Å². The van der Waals surface area contributed by atoms with E-state index >= 15 is 0 Å². The van der Waals surface area contributed by atoms with Gasteiger partial charge in [-0.1, -0.05) is 23.2 Å². The number of H-pyrrole nitrogens is 1. The van der Waals surface area contributed by atoms with Crippen molar-refractivity contribution in [1.82, 2.24) is 4.98 Å². The minimum Gasteiger partial charge on any atom is -0.367 e. The van der Waals surface area contributed by atoms with Crippen LogP contribution in [0.15, 0.2) is 41.5 Å². The standard InChI is InChI=1S/C12H8Cl2N2O2/c13-7-1-2-9(14)10(5-7)16-12(18)8-6-15-4-3-11(8)17/h1-6H,(H,15,17)(H,16,18). The number of halogens is 2. The molecule has 4 nitrogen and oxygen atoms in total. The molecule has 0 bridgehead atoms. The Morgan fingerprint density at radius 1 is 1.22 bits per heavy atom. The number of pyridine rings is 1. The van der Waals surface area contributed by atoms with Crippen LogP contribution < -0.4 is 10.7 Å². The fraction of sp³-hybridized carbons (Fsp3) is 0. The lowest BCUT2D eigenvalue weighted by Gasteiger charge is -2.07. The van der Waals surface area contributed by atoms with Crippen LogP contribution in [0, 0.1) is 0 Å². The highest BCUT2D eigenvalue weighted by Gasteiger charge is 2.11. The first-order chi connectivity index (χ1) is 8.58. The molecule has 0 aliphatic rings. The van der Waals surface area contributed by atoms with Crippen molar-refractivity contribution in [2.24, 2.45) is 0 Å². The van der Waals surface area contributed by atoms with Crippen molar-refractivity contribution in [3.8, 4) is 0 Å². The van der Waals surface area contributed by atoms with Gasteiger partial charge in [-0.15, -0.1) is 0 Å². The minimum absolute atomic E-state index is 0.00791. The van der Waals surface area contributed by atoms with Crippen LogP contribution in [-0.2, 0) is 0 Å². The smallest absolute Gasteiger partial charge is 0.261 e. The van der Waals surface area contributed by atoms with Crippen molar-refractivity contribution >= 4 is 34.8 Å². The molecule has 1 aromatic carbocycles. The van der Waals surface area contributed by atoms with Crippen molar-refractivity contribution < 1.29 is 4.79 Å². The molecule has 0 radical (unpaired) electrons. The highest BCUT2D eigenvalue weighted by Crippen LogP contribution is 2.25. The van der Waals surface area contributed by atoms with Gasteiger partial charge in [0.2, 0.25) is 0 Å². The molecular weight excluding hydrogens is 275 g/mol. The van der Waals surface area contributed by atoms with Crippen molar-refractivity contribution in [1.29, 1.82) is 0 Å². The Morgan fingerprint density at radius 3 is 2.72 bits per heavy atom. The average molecular weight is 283 g/mol. The summed E-state index contributed by atoms with van der Waals surface area (Å²) >= 11 is 11.7. The van der Waals surface area contributed by atoms with Gasteiger partial charge < -0.3 is 10.3 Å². The summed E-state index contributed by atoms with van der Waals surface area (Å²) in [6.07, 6.45) is 2.78. The Hall–Kier alpha value is -1.78. The summed E-state index contributed by atoms with van der Waals surface area (Å²) < 4.78 is 0. The van der Waals surface area contributed by atoms with E-state index < -0.39 is 5.91 Å². The topological polar surface area (TPSA) is 62.0 Å². The molecule has 0 spiro atoms. The van der Waals surface area contributed by atoms with Gasteiger partial charge in [0.15, 0.2) is 5.43 Å². The van der Waals surface area contributed by atoms with E-state index in [1.807, 2.05) is 0 Å². The number of carbonyl (C=O) groups excluding carboxylic acids is 1. The third-order valence-corrected chi connectivity index (χ3v) is 2.81. The number of benzene rings is 1. The van der Waals surface area contributed by atoms with Crippen molar-refractivity contribution in [3.63, 3.8) is 0 Å². The molecule has 2 rings (SSSR count). The molecule has 0 atom stereocenters. The largest absolute Gasteiger partial charge is 0.367 e. The molecular formula is C12H8Cl2N2O2. The second-order valence-electron chi connectivity index (χ2n) is 3.50. The zero-order valence-corrected chi connectivity index (χ0v) is 10.5. The van der Waals surface area contributed by atoms with Gasteiger partial charge in [0.25, 0.3) is 5.91 Å². The first kappa shape index (κ1) is 12.7. The Kier molecular flexibility index (Phi) is 3.69. The third kappa shape index (κ3) is 2.72. The summed E-state index contributed by atoms with van der Waals surface area (Å²) in [4.78, 5) is 26.0. The molecule has 1 amide bonds. The second-order valence-corrected chi connectivity index (χ2v) is 4.34. The number of hydrogen-bond acceptors (Lipinski definition) is 2. The molecule has 1 aromatic heterocycles. The average Bonchev–Trinajstić information content (AvgIpc) is 2.34. The Bertz CT molecular complexity index is 653. The normalized spacial score (nSPS) is 10.1. The van der Waals surface area contributed by atoms with Crippen LogP contribution in [0.3, 0.4) is 0 Å². The summed E-state index contributed by atoms with van der Waals surface area (Å²) in [5.74, 6) is -0.541. The molecule has 2 aromatic rings. The van der Waals surface area contributed by atoms with Crippen LogP contribution in [0.4, 0.5) is 5.69 Å². The van der Waals surface area contributed by atoms with Crippen LogP contribution in [-0.4, -0.2) is 10.9 Å². The maximum Gasteiger partial charge on any atom is 0.261 e. The quantitative estimate of drug-likeness (QED) is 0.890. The predicted molar refractivity (Wildman–Crippen MR) is 71.5 cm³/mol. The minimum atomic E-state index is -0.541. The van der Waals surface area contributed by atoms with E-state index in [-0.39, 0.29) is 11.0 Å². The lowest BCUT2D eigenvalue weighted by atomic mass is 10.2. The highest BCUT2D eigenvalue weighted by atomic mass is 35.5. The second kappa shape index (κ2) is 5.25. The summed E-state index contributed by atoms with van der Waals surface area (Å²) in [6, 6.07) is 5.96. The summed E-state index contributed by atoms with van der Waals surface area (Å²) in [6.45, 7) is 0. The first-order valence-corrected chi connectivity index (χ1v) is 5.77. The number of anilines is 1. The lowest BCUT2D eigenvalue weighted by Crippen LogP contribution is -2.20. The first-order valence-electron chi connectivity index (χ1n) is 5.01. The molecule has 1 heterocycles. The van der Waals surface area contributed by atoms with E-state index in [0.717, 1.165) is 0 Å². The van der Waals surface area contributed by atoms with Gasteiger partial charge in [-0.3, -0.25) is 9.59 Å². The highest BCUT2D eigenvalue weighted by molar-refractivity contribution is 6.35. The van der Waals surface area contributed by atoms with Crippen molar-refractivity contribution in [2.45, 2.75) is 0 Å². The number of rotatable bonds is 2. The summed E-state index contributed by atoms with van der Waals surface area (Å²) in [5.41, 5.74) is -0.00429. The lowest BCUT2D eigenvalue weighted by molar-refractivity contribution is 0.102. The van der Waals surface area contributed by atoms with Gasteiger partial charge in [0.05, 0.1) is 10.7 Å². The molecule has 0 unspecified atom stereocenters. The van der Waals surface area contributed by atoms with Gasteiger partial charge >= 0.3 is 0 Å².